The average Bonchev–Trinajstić information content (AvgIpc) is 1.25. The van der Waals surface area contributed by atoms with Gasteiger partial charge >= 0.3 is 12.0 Å². The number of nitrogens with zero attached hydrogens (tertiary/aromatic N) is 7. The zero-order valence-electron chi connectivity index (χ0n) is 62.7. The van der Waals surface area contributed by atoms with Gasteiger partial charge in [0.2, 0.25) is 52.8 Å². The molecule has 0 spiro atoms. The Balaban J connectivity index is 1.37. The van der Waals surface area contributed by atoms with Crippen molar-refractivity contribution < 1.29 is 84.5 Å². The molecule has 2 aliphatic rings. The number of likely N-dealkylation sites (tertiary alicyclic amines) is 2. The molecular weight excluding hydrogens is 1340 g/mol. The number of azide groups is 1. The number of halogens is 4. The largest absolute Gasteiger partial charge is 0.420 e. The van der Waals surface area contributed by atoms with E-state index in [1.165, 1.54) is 19.1 Å². The van der Waals surface area contributed by atoms with Crippen LogP contribution in [-0.2, 0) is 64.0 Å². The Labute approximate surface area is 602 Å². The lowest BCUT2D eigenvalue weighted by Gasteiger charge is -2.41. The number of likely N-dealkylation sites (N-methyl/N-ethyl adjacent to an activating group) is 2. The van der Waals surface area contributed by atoms with Gasteiger partial charge in [0, 0.05) is 126 Å². The highest BCUT2D eigenvalue weighted by Crippen LogP contribution is 2.35. The molecule has 2 aromatic rings. The van der Waals surface area contributed by atoms with E-state index < -0.39 is 148 Å². The molecule has 0 radical (unpaired) electrons. The SMILES string of the molecule is CC[C@H](C)[C@@H]([C@@H](CC(=O)N1CCC[C@H]1[C@H](OC)[C@@H](C)C(=O)C[C@@H](CN=[N+]=[N-])C(=O)NCc1ccc(NC(=O)[C@H](CCCNC(N)=O)CC(=O)[C@@H](NC(=O)CCC(=O)N2CCC(C(=O)Oc3c(F)c(F)c(C)c(F)c3F)CC2C)C(C)C)cc1)OC)N(C)C(=O)[C@@H](CC(=O)[C@H](C(C)C)N(C)C)C(C)C. The van der Waals surface area contributed by atoms with E-state index in [4.69, 9.17) is 19.9 Å². The van der Waals surface area contributed by atoms with Gasteiger partial charge in [0.1, 0.15) is 5.78 Å². The molecule has 6 N–H and O–H groups in total. The van der Waals surface area contributed by atoms with Gasteiger partial charge in [-0.2, -0.15) is 8.78 Å². The molecule has 2 unspecified atom stereocenters. The number of carbonyl (C=O) groups is 11. The highest BCUT2D eigenvalue weighted by molar-refractivity contribution is 5.98. The normalized spacial score (nSPS) is 18.3. The summed E-state index contributed by atoms with van der Waals surface area (Å²) in [6.07, 6.45) is -0.793. The number of nitrogens with one attached hydrogen (secondary N) is 4. The number of rotatable bonds is 41. The molecule has 2 fully saturated rings. The van der Waals surface area contributed by atoms with Crippen molar-refractivity contribution in [2.75, 3.05) is 66.9 Å². The summed E-state index contributed by atoms with van der Waals surface area (Å²) in [5.41, 5.74) is 14.5. The molecule has 8 amide bonds. The molecule has 103 heavy (non-hydrogen) atoms. The first-order chi connectivity index (χ1) is 48.5. The Morgan fingerprint density at radius 3 is 1.91 bits per heavy atom. The van der Waals surface area contributed by atoms with Crippen LogP contribution in [0.15, 0.2) is 29.4 Å². The molecule has 2 aliphatic heterocycles. The maximum absolute atomic E-state index is 14.6. The van der Waals surface area contributed by atoms with Gasteiger partial charge in [-0.05, 0) is 113 Å². The lowest BCUT2D eigenvalue weighted by atomic mass is 9.83. The van der Waals surface area contributed by atoms with E-state index in [-0.39, 0.29) is 138 Å². The highest BCUT2D eigenvalue weighted by Gasteiger charge is 2.45. The number of anilines is 1. The van der Waals surface area contributed by atoms with Crippen molar-refractivity contribution in [2.45, 2.75) is 209 Å². The van der Waals surface area contributed by atoms with Crippen LogP contribution in [0.3, 0.4) is 0 Å². The second-order valence-corrected chi connectivity index (χ2v) is 28.8. The van der Waals surface area contributed by atoms with Gasteiger partial charge in [0.05, 0.1) is 54.6 Å². The van der Waals surface area contributed by atoms with Gasteiger partial charge in [-0.1, -0.05) is 86.0 Å². The maximum atomic E-state index is 14.6. The molecule has 2 aromatic carbocycles. The summed E-state index contributed by atoms with van der Waals surface area (Å²) in [4.78, 5) is 160. The van der Waals surface area contributed by atoms with Gasteiger partial charge < -0.3 is 55.9 Å². The van der Waals surface area contributed by atoms with E-state index in [1.54, 1.807) is 68.8 Å². The van der Waals surface area contributed by atoms with E-state index in [0.29, 0.717) is 37.1 Å². The number of ether oxygens (including phenoxy) is 3. The van der Waals surface area contributed by atoms with Crippen molar-refractivity contribution in [1.29, 1.82) is 0 Å². The Morgan fingerprint density at radius 1 is 0.738 bits per heavy atom. The number of hydrogen-bond donors (Lipinski definition) is 5. The van der Waals surface area contributed by atoms with Crippen molar-refractivity contribution in [3.05, 3.63) is 69.1 Å². The Hall–Kier alpha value is -8.08. The lowest BCUT2D eigenvalue weighted by molar-refractivity contribution is -0.149. The van der Waals surface area contributed by atoms with Crippen LogP contribution in [0.4, 0.5) is 28.0 Å². The summed E-state index contributed by atoms with van der Waals surface area (Å²) in [6.45, 7) is 19.3. The zero-order chi connectivity index (χ0) is 77.4. The molecule has 13 atom stereocenters. The number of hydrogen-bond acceptors (Lipinski definition) is 16. The van der Waals surface area contributed by atoms with E-state index >= 15 is 0 Å². The average molecular weight is 1460 g/mol. The monoisotopic (exact) mass is 1450 g/mol. The third-order valence-electron chi connectivity index (χ3n) is 20.2. The molecule has 0 aromatic heterocycles. The molecule has 574 valence electrons. The first-order valence-corrected chi connectivity index (χ1v) is 35.7. The second kappa shape index (κ2) is 41.4. The first kappa shape index (κ1) is 87.3. The molecule has 0 saturated carbocycles. The minimum atomic E-state index is -1.86. The molecule has 2 saturated heterocycles. The van der Waals surface area contributed by atoms with Crippen molar-refractivity contribution >= 4 is 70.5 Å². The van der Waals surface area contributed by atoms with Gasteiger partial charge in [-0.25, -0.2) is 13.6 Å². The summed E-state index contributed by atoms with van der Waals surface area (Å²) >= 11 is 0. The number of primary amides is 1. The van der Waals surface area contributed by atoms with Crippen LogP contribution in [0, 0.1) is 83.5 Å². The Kier molecular flexibility index (Phi) is 35.1. The lowest BCUT2D eigenvalue weighted by Crippen LogP contribution is -2.54. The standard InChI is InChI=1S/C73H110F4N12O14/c1-17-42(8)66(87(14)71(98)51(39(2)3)35-55(92)65(41(6)7)86(12)13)56(101-15)36-59(95)89-30-19-21-52(89)67(102-16)44(10)53(90)34-49(38-82-85-79)69(96)81-37-46-22-24-50(25-23-46)83-70(97)47(20-18-29-80-73(78)100)33-54(91)64(40(4)5)84-57(93)26-27-58(94)88-31-28-48(32-43(88)9)72(99)103-68-62(76)60(74)45(11)61(75)63(68)77/h22-25,39-44,47-49,51-52,56,64-67H,17-21,26-38H2,1-16H3,(H,81,96)(H,83,97)(H,84,93)(H3,78,80,100)/t42-,43?,44-,47+,48?,49-,51-,52-,56+,64-,65-,66-,67+/m0/s1. The van der Waals surface area contributed by atoms with Crippen LogP contribution in [0.1, 0.15) is 164 Å². The van der Waals surface area contributed by atoms with Crippen molar-refractivity contribution in [3.63, 3.8) is 0 Å². The van der Waals surface area contributed by atoms with Crippen molar-refractivity contribution in [2.24, 2.45) is 64.1 Å². The predicted octanol–water partition coefficient (Wildman–Crippen LogP) is 8.91. The fourth-order valence-electron chi connectivity index (χ4n) is 14.1. The topological polar surface area (TPSA) is 351 Å². The number of amides is 8. The fourth-order valence-corrected chi connectivity index (χ4v) is 14.1. The molecule has 4 rings (SSSR count). The van der Waals surface area contributed by atoms with E-state index in [1.807, 2.05) is 60.5 Å². The number of urea groups is 1. The fraction of sp³-hybridized carbons (Fsp3) is 0.685. The van der Waals surface area contributed by atoms with Crippen molar-refractivity contribution in [3.8, 4) is 5.75 Å². The van der Waals surface area contributed by atoms with Crippen molar-refractivity contribution in [1.82, 2.24) is 35.6 Å². The van der Waals surface area contributed by atoms with Gasteiger partial charge in [0.25, 0.3) is 0 Å². The van der Waals surface area contributed by atoms with Gasteiger partial charge in [0.15, 0.2) is 23.2 Å². The number of piperidine rings is 1. The van der Waals surface area contributed by atoms with Gasteiger partial charge in [-0.3, -0.25) is 52.8 Å². The second-order valence-electron chi connectivity index (χ2n) is 28.8. The van der Waals surface area contributed by atoms with E-state index in [0.717, 1.165) is 6.92 Å². The van der Waals surface area contributed by atoms with Crippen LogP contribution in [0.25, 0.3) is 10.4 Å². The Bertz CT molecular complexity index is 3300. The number of methoxy groups -OCH3 is 2. The molecule has 2 heterocycles. The van der Waals surface area contributed by atoms with Crippen LogP contribution in [0.5, 0.6) is 5.75 Å². The molecule has 26 nitrogen and oxygen atoms in total. The summed E-state index contributed by atoms with van der Waals surface area (Å²) in [6, 6.07) is 2.45. The summed E-state index contributed by atoms with van der Waals surface area (Å²) in [5, 5.41) is 14.4. The minimum Gasteiger partial charge on any atom is -0.420 e. The van der Waals surface area contributed by atoms with E-state index in [2.05, 4.69) is 31.3 Å². The molecule has 30 heteroatoms. The number of nitrogens with two attached hydrogens (primary N) is 1. The third kappa shape index (κ3) is 24.5. The summed E-state index contributed by atoms with van der Waals surface area (Å²) in [5.74, 6) is -18.6. The maximum Gasteiger partial charge on any atom is 0.314 e. The number of Topliss-reactive ketones (excluding diaryl/α,β-unsaturated/α-hetero) is 3. The number of benzene rings is 2. The first-order valence-electron chi connectivity index (χ1n) is 35.7. The Morgan fingerprint density at radius 2 is 1.37 bits per heavy atom. The van der Waals surface area contributed by atoms with Crippen LogP contribution in [-0.4, -0.2) is 188 Å². The van der Waals surface area contributed by atoms with Crippen LogP contribution >= 0.6 is 0 Å². The third-order valence-corrected chi connectivity index (χ3v) is 20.2. The number of carbonyl (C=O) groups excluding carboxylic acids is 11. The van der Waals surface area contributed by atoms with Gasteiger partial charge in [-0.15, -0.1) is 0 Å². The number of ketones is 3. The predicted molar refractivity (Wildman–Crippen MR) is 377 cm³/mol. The smallest absolute Gasteiger partial charge is 0.314 e. The van der Waals surface area contributed by atoms with Crippen LogP contribution < -0.4 is 31.7 Å². The molecular formula is C73H110F4N12O14. The molecule has 0 bridgehead atoms. The van der Waals surface area contributed by atoms with E-state index in [9.17, 15) is 75.8 Å². The quantitative estimate of drug-likeness (QED) is 0.00606. The molecule has 0 aliphatic carbocycles. The zero-order valence-corrected chi connectivity index (χ0v) is 62.7. The van der Waals surface area contributed by atoms with Crippen LogP contribution in [0.2, 0.25) is 0 Å². The number of esters is 1. The minimum absolute atomic E-state index is 0.0156. The summed E-state index contributed by atoms with van der Waals surface area (Å²) in [7, 11) is 8.39. The summed E-state index contributed by atoms with van der Waals surface area (Å²) < 4.78 is 74.1. The highest BCUT2D eigenvalue weighted by atomic mass is 19.2.